The number of rotatable bonds is 5. The molecule has 2 atom stereocenters. The lowest BCUT2D eigenvalue weighted by Crippen LogP contribution is -2.22. The second kappa shape index (κ2) is 10.4. The standard InChI is InChI=1S/C30H32N6O2S/c1-17-11-19-12-18(20-13-25-29(32-15-20)39-30(31)34-25)5-8-26(19)38-10-9-22(17)28-23-7-6-21(37-4)14-24(23)33-27(35-28)16-36(2)3/h5-8,12-15,17,22H,9-11,16H2,1-4H3,(H2,31,34). The van der Waals surface area contributed by atoms with E-state index in [0.29, 0.717) is 24.2 Å². The molecule has 200 valence electrons. The Morgan fingerprint density at radius 3 is 2.74 bits per heavy atom. The van der Waals surface area contributed by atoms with Gasteiger partial charge >= 0.3 is 0 Å². The zero-order valence-corrected chi connectivity index (χ0v) is 23.5. The van der Waals surface area contributed by atoms with Crippen LogP contribution in [0.15, 0.2) is 48.7 Å². The molecule has 0 radical (unpaired) electrons. The van der Waals surface area contributed by atoms with Crippen molar-refractivity contribution in [3.63, 3.8) is 0 Å². The third-order valence-electron chi connectivity index (χ3n) is 7.36. The van der Waals surface area contributed by atoms with E-state index in [1.54, 1.807) is 7.11 Å². The number of fused-ring (bicyclic) bond motifs is 3. The highest BCUT2D eigenvalue weighted by Gasteiger charge is 2.27. The zero-order chi connectivity index (χ0) is 27.1. The van der Waals surface area contributed by atoms with E-state index >= 15 is 0 Å². The number of aromatic nitrogens is 4. The summed E-state index contributed by atoms with van der Waals surface area (Å²) in [6.45, 7) is 3.62. The number of pyridine rings is 1. The number of nitrogens with zero attached hydrogens (tertiary/aromatic N) is 5. The van der Waals surface area contributed by atoms with Crippen molar-refractivity contribution in [2.24, 2.45) is 5.92 Å². The number of ether oxygens (including phenoxy) is 2. The van der Waals surface area contributed by atoms with Crippen molar-refractivity contribution in [3.8, 4) is 22.6 Å². The van der Waals surface area contributed by atoms with Crippen molar-refractivity contribution in [1.29, 1.82) is 0 Å². The van der Waals surface area contributed by atoms with E-state index in [1.165, 1.54) is 16.9 Å². The van der Waals surface area contributed by atoms with E-state index < -0.39 is 0 Å². The molecule has 0 bridgehead atoms. The van der Waals surface area contributed by atoms with Crippen molar-refractivity contribution in [1.82, 2.24) is 24.8 Å². The molecule has 9 heteroatoms. The molecule has 0 saturated carbocycles. The lowest BCUT2D eigenvalue weighted by molar-refractivity contribution is 0.257. The topological polar surface area (TPSA) is 99.3 Å². The molecule has 0 saturated heterocycles. The molecule has 6 rings (SSSR count). The molecule has 2 unspecified atom stereocenters. The fraction of sp³-hybridized carbons (Fsp3) is 0.333. The SMILES string of the molecule is COc1ccc2c(C3CCOc4ccc(-c5cnc6sc(N)nc6c5)cc4CC3C)nc(CN(C)C)nc2c1. The van der Waals surface area contributed by atoms with Crippen molar-refractivity contribution in [3.05, 3.63) is 65.7 Å². The molecule has 8 nitrogen and oxygen atoms in total. The first-order chi connectivity index (χ1) is 18.9. The van der Waals surface area contributed by atoms with Crippen LogP contribution in [0.5, 0.6) is 11.5 Å². The number of hydrogen-bond donors (Lipinski definition) is 1. The van der Waals surface area contributed by atoms with Crippen LogP contribution in [0, 0.1) is 5.92 Å². The molecule has 0 aliphatic carbocycles. The summed E-state index contributed by atoms with van der Waals surface area (Å²) in [6, 6.07) is 14.6. The Labute approximate surface area is 231 Å². The second-order valence-electron chi connectivity index (χ2n) is 10.5. The van der Waals surface area contributed by atoms with Crippen molar-refractivity contribution in [2.75, 3.05) is 33.5 Å². The molecular weight excluding hydrogens is 508 g/mol. The van der Waals surface area contributed by atoms with Gasteiger partial charge in [0.05, 0.1) is 31.5 Å². The van der Waals surface area contributed by atoms with Gasteiger partial charge in [-0.2, -0.15) is 0 Å². The largest absolute Gasteiger partial charge is 0.497 e. The van der Waals surface area contributed by atoms with Gasteiger partial charge in [-0.15, -0.1) is 0 Å². The number of benzene rings is 2. The minimum Gasteiger partial charge on any atom is -0.497 e. The van der Waals surface area contributed by atoms with Gasteiger partial charge in [-0.3, -0.25) is 0 Å². The quantitative estimate of drug-likeness (QED) is 0.303. The smallest absolute Gasteiger partial charge is 0.182 e. The van der Waals surface area contributed by atoms with Crippen LogP contribution in [0.25, 0.3) is 32.4 Å². The van der Waals surface area contributed by atoms with Gasteiger partial charge in [0.1, 0.15) is 27.7 Å². The van der Waals surface area contributed by atoms with Gasteiger partial charge in [-0.1, -0.05) is 24.3 Å². The maximum Gasteiger partial charge on any atom is 0.182 e. The summed E-state index contributed by atoms with van der Waals surface area (Å²) in [6.07, 6.45) is 3.65. The normalized spacial score (nSPS) is 17.6. The fourth-order valence-electron chi connectivity index (χ4n) is 5.48. The Hall–Kier alpha value is -3.82. The Morgan fingerprint density at radius 2 is 1.92 bits per heavy atom. The highest BCUT2D eigenvalue weighted by atomic mass is 32.1. The predicted octanol–water partition coefficient (Wildman–Crippen LogP) is 5.70. The summed E-state index contributed by atoms with van der Waals surface area (Å²) in [4.78, 5) is 21.9. The van der Waals surface area contributed by atoms with Crippen LogP contribution >= 0.6 is 11.3 Å². The summed E-state index contributed by atoms with van der Waals surface area (Å²) >= 11 is 1.40. The first kappa shape index (κ1) is 25.5. The Morgan fingerprint density at radius 1 is 1.05 bits per heavy atom. The summed E-state index contributed by atoms with van der Waals surface area (Å²) in [5, 5.41) is 1.61. The van der Waals surface area contributed by atoms with Crippen molar-refractivity contribution >= 4 is 37.7 Å². The third kappa shape index (κ3) is 5.12. The molecule has 1 aliphatic heterocycles. The highest BCUT2D eigenvalue weighted by Crippen LogP contribution is 2.39. The lowest BCUT2D eigenvalue weighted by atomic mass is 9.81. The average molecular weight is 541 g/mol. The second-order valence-corrected chi connectivity index (χ2v) is 11.5. The summed E-state index contributed by atoms with van der Waals surface area (Å²) in [7, 11) is 5.76. The van der Waals surface area contributed by atoms with E-state index in [2.05, 4.69) is 52.1 Å². The van der Waals surface area contributed by atoms with Crippen molar-refractivity contribution in [2.45, 2.75) is 32.2 Å². The number of thiazole rings is 1. The van der Waals surface area contributed by atoms with Crippen LogP contribution < -0.4 is 15.2 Å². The number of hydrogen-bond acceptors (Lipinski definition) is 9. The number of anilines is 1. The molecule has 3 aromatic heterocycles. The third-order valence-corrected chi connectivity index (χ3v) is 8.17. The van der Waals surface area contributed by atoms with Crippen LogP contribution in [-0.4, -0.2) is 52.6 Å². The molecule has 0 spiro atoms. The monoisotopic (exact) mass is 540 g/mol. The highest BCUT2D eigenvalue weighted by molar-refractivity contribution is 7.21. The number of methoxy groups -OCH3 is 1. The Kier molecular flexibility index (Phi) is 6.78. The van der Waals surface area contributed by atoms with Crippen LogP contribution in [-0.2, 0) is 13.0 Å². The molecule has 5 aromatic rings. The molecule has 2 N–H and O–H groups in total. The summed E-state index contributed by atoms with van der Waals surface area (Å²) in [5.74, 6) is 3.12. The first-order valence-electron chi connectivity index (χ1n) is 13.2. The van der Waals surface area contributed by atoms with E-state index in [4.69, 9.17) is 25.2 Å². The van der Waals surface area contributed by atoms with E-state index in [1.807, 2.05) is 32.4 Å². The fourth-order valence-corrected chi connectivity index (χ4v) is 6.14. The van der Waals surface area contributed by atoms with Gasteiger partial charge in [0, 0.05) is 29.1 Å². The Balaban J connectivity index is 1.36. The minimum atomic E-state index is 0.220. The summed E-state index contributed by atoms with van der Waals surface area (Å²) in [5.41, 5.74) is 12.0. The summed E-state index contributed by atoms with van der Waals surface area (Å²) < 4.78 is 11.8. The van der Waals surface area contributed by atoms with Gasteiger partial charge in [0.2, 0.25) is 0 Å². The van der Waals surface area contributed by atoms with Crippen LogP contribution in [0.2, 0.25) is 0 Å². The molecule has 39 heavy (non-hydrogen) atoms. The maximum absolute atomic E-state index is 6.32. The van der Waals surface area contributed by atoms with E-state index in [-0.39, 0.29) is 5.92 Å². The minimum absolute atomic E-state index is 0.220. The van der Waals surface area contributed by atoms with Crippen LogP contribution in [0.4, 0.5) is 5.13 Å². The van der Waals surface area contributed by atoms with Gasteiger partial charge < -0.3 is 20.1 Å². The zero-order valence-electron chi connectivity index (χ0n) is 22.6. The number of nitrogens with two attached hydrogens (primary N) is 1. The van der Waals surface area contributed by atoms with Crippen LogP contribution in [0.1, 0.15) is 36.3 Å². The van der Waals surface area contributed by atoms with E-state index in [0.717, 1.165) is 68.2 Å². The van der Waals surface area contributed by atoms with Gasteiger partial charge in [-0.25, -0.2) is 19.9 Å². The molecule has 0 fully saturated rings. The average Bonchev–Trinajstić information content (AvgIpc) is 3.28. The molecule has 1 aliphatic rings. The van der Waals surface area contributed by atoms with Gasteiger partial charge in [-0.05, 0) is 74.3 Å². The van der Waals surface area contributed by atoms with Crippen LogP contribution in [0.3, 0.4) is 0 Å². The lowest BCUT2D eigenvalue weighted by Gasteiger charge is -2.29. The molecular formula is C30H32N6O2S. The van der Waals surface area contributed by atoms with Gasteiger partial charge in [0.15, 0.2) is 5.13 Å². The Bertz CT molecular complexity index is 1670. The molecule has 4 heterocycles. The first-order valence-corrected chi connectivity index (χ1v) is 14.0. The number of nitrogen functional groups attached to an aromatic ring is 1. The van der Waals surface area contributed by atoms with Gasteiger partial charge in [0.25, 0.3) is 0 Å². The molecule has 2 aromatic carbocycles. The predicted molar refractivity (Wildman–Crippen MR) is 156 cm³/mol. The van der Waals surface area contributed by atoms with Crippen molar-refractivity contribution < 1.29 is 9.47 Å². The van der Waals surface area contributed by atoms with E-state index in [9.17, 15) is 0 Å². The molecule has 0 amide bonds. The maximum atomic E-state index is 6.32.